The van der Waals surface area contributed by atoms with Gasteiger partial charge in [-0.2, -0.15) is 0 Å². The van der Waals surface area contributed by atoms with Crippen molar-refractivity contribution in [3.05, 3.63) is 101 Å². The van der Waals surface area contributed by atoms with Crippen molar-refractivity contribution in [3.63, 3.8) is 0 Å². The van der Waals surface area contributed by atoms with Crippen LogP contribution in [0.1, 0.15) is 54.4 Å². The molecular formula is C34H41N3O4. The molecule has 6 rings (SSSR count). The number of hydrogen-bond donors (Lipinski definition) is 2. The first-order chi connectivity index (χ1) is 19.8. The second-order valence-electron chi connectivity index (χ2n) is 11.8. The highest BCUT2D eigenvalue weighted by Gasteiger charge is 2.54. The SMILES string of the molecule is COc1ccc(C(C)C)cc1CN(CC(=O)O)[C@H]1C2CCN(CC2C(N)=O)[C@H]1C(c1ccccc1)c1ccccc1. The van der Waals surface area contributed by atoms with Crippen molar-refractivity contribution in [2.24, 2.45) is 17.6 Å². The summed E-state index contributed by atoms with van der Waals surface area (Å²) in [4.78, 5) is 29.7. The average molecular weight is 556 g/mol. The van der Waals surface area contributed by atoms with Gasteiger partial charge in [-0.1, -0.05) is 86.6 Å². The molecule has 3 aliphatic rings. The second kappa shape index (κ2) is 12.5. The van der Waals surface area contributed by atoms with Gasteiger partial charge < -0.3 is 15.6 Å². The molecule has 0 aromatic heterocycles. The number of nitrogens with zero attached hydrogens (tertiary/aromatic N) is 2. The minimum Gasteiger partial charge on any atom is -0.496 e. The van der Waals surface area contributed by atoms with Crippen LogP contribution in [0.2, 0.25) is 0 Å². The molecule has 0 radical (unpaired) electrons. The lowest BCUT2D eigenvalue weighted by molar-refractivity contribution is -0.146. The summed E-state index contributed by atoms with van der Waals surface area (Å²) in [6, 6.07) is 26.8. The van der Waals surface area contributed by atoms with Crippen LogP contribution in [0.4, 0.5) is 0 Å². The zero-order valence-electron chi connectivity index (χ0n) is 24.1. The number of aliphatic carboxylic acids is 1. The summed E-state index contributed by atoms with van der Waals surface area (Å²) in [7, 11) is 1.65. The Hall–Kier alpha value is -3.68. The van der Waals surface area contributed by atoms with Crippen LogP contribution in [0.25, 0.3) is 0 Å². The van der Waals surface area contributed by atoms with E-state index in [1.165, 1.54) is 16.7 Å². The summed E-state index contributed by atoms with van der Waals surface area (Å²) >= 11 is 0. The van der Waals surface area contributed by atoms with E-state index in [0.717, 1.165) is 24.3 Å². The van der Waals surface area contributed by atoms with Crippen LogP contribution in [0, 0.1) is 11.8 Å². The summed E-state index contributed by atoms with van der Waals surface area (Å²) in [6.45, 7) is 5.96. The molecule has 1 amide bonds. The largest absolute Gasteiger partial charge is 0.496 e. The number of rotatable bonds is 11. The lowest BCUT2D eigenvalue weighted by Crippen LogP contribution is -2.69. The Kier molecular flexibility index (Phi) is 8.76. The highest BCUT2D eigenvalue weighted by Crippen LogP contribution is 2.46. The van der Waals surface area contributed by atoms with Crippen molar-refractivity contribution in [1.82, 2.24) is 9.80 Å². The molecule has 3 aliphatic heterocycles. The standard InChI is InChI=1S/C34H41N3O4/c1-22(2)25-14-15-29(41-3)26(18-25)19-37(21-30(38)39)32-27-16-17-36(20-28(27)34(35)40)33(32)31(23-10-6-4-7-11-23)24-12-8-5-9-13-24/h4-15,18,22,27-28,31-33H,16-17,19-21H2,1-3H3,(H2,35,40)(H,38,39)/t27?,28?,32-,33-/m0/s1. The number of carbonyl (C=O) groups is 2. The molecule has 7 heteroatoms. The van der Waals surface area contributed by atoms with Gasteiger partial charge >= 0.3 is 5.97 Å². The van der Waals surface area contributed by atoms with Crippen LogP contribution in [0.5, 0.6) is 5.75 Å². The fraction of sp³-hybridized carbons (Fsp3) is 0.412. The van der Waals surface area contributed by atoms with Crippen molar-refractivity contribution in [1.29, 1.82) is 0 Å². The summed E-state index contributed by atoms with van der Waals surface area (Å²) in [6.07, 6.45) is 0.796. The first-order valence-corrected chi connectivity index (χ1v) is 14.5. The van der Waals surface area contributed by atoms with Crippen LogP contribution >= 0.6 is 0 Å². The van der Waals surface area contributed by atoms with Crippen LogP contribution in [0.3, 0.4) is 0 Å². The van der Waals surface area contributed by atoms with Gasteiger partial charge in [0.15, 0.2) is 0 Å². The van der Waals surface area contributed by atoms with Gasteiger partial charge in [0.1, 0.15) is 5.75 Å². The molecule has 3 unspecified atom stereocenters. The van der Waals surface area contributed by atoms with Gasteiger partial charge in [-0.05, 0) is 47.6 Å². The zero-order valence-corrected chi connectivity index (χ0v) is 24.1. The summed E-state index contributed by atoms with van der Waals surface area (Å²) in [5.41, 5.74) is 10.5. The molecule has 3 aromatic carbocycles. The number of piperidine rings is 3. The number of ether oxygens (including phenoxy) is 1. The molecule has 0 spiro atoms. The van der Waals surface area contributed by atoms with Crippen LogP contribution < -0.4 is 10.5 Å². The Bertz CT molecular complexity index is 1310. The van der Waals surface area contributed by atoms with E-state index in [1.807, 2.05) is 18.2 Å². The van der Waals surface area contributed by atoms with Crippen LogP contribution in [-0.4, -0.2) is 65.6 Å². The van der Waals surface area contributed by atoms with Crippen molar-refractivity contribution < 1.29 is 19.4 Å². The van der Waals surface area contributed by atoms with E-state index in [2.05, 4.69) is 84.3 Å². The van der Waals surface area contributed by atoms with Crippen LogP contribution in [0.15, 0.2) is 78.9 Å². The normalized spacial score (nSPS) is 23.7. The Morgan fingerprint density at radius 1 is 1.00 bits per heavy atom. The number of benzene rings is 3. The Balaban J connectivity index is 1.66. The minimum atomic E-state index is -0.897. The van der Waals surface area contributed by atoms with E-state index in [4.69, 9.17) is 10.5 Å². The van der Waals surface area contributed by atoms with E-state index in [1.54, 1.807) is 7.11 Å². The first kappa shape index (κ1) is 28.8. The zero-order chi connectivity index (χ0) is 29.1. The van der Waals surface area contributed by atoms with Crippen molar-refractivity contribution in [3.8, 4) is 5.75 Å². The molecule has 5 atom stereocenters. The van der Waals surface area contributed by atoms with Gasteiger partial charge in [0, 0.05) is 36.7 Å². The van der Waals surface area contributed by atoms with E-state index in [0.29, 0.717) is 19.0 Å². The maximum atomic E-state index is 12.8. The van der Waals surface area contributed by atoms with E-state index in [-0.39, 0.29) is 42.3 Å². The van der Waals surface area contributed by atoms with Crippen molar-refractivity contribution in [2.75, 3.05) is 26.7 Å². The molecule has 0 aliphatic carbocycles. The fourth-order valence-electron chi connectivity index (χ4n) is 7.19. The Morgan fingerprint density at radius 3 is 2.17 bits per heavy atom. The molecule has 3 N–H and O–H groups in total. The maximum absolute atomic E-state index is 12.8. The minimum absolute atomic E-state index is 0.0146. The molecule has 2 bridgehead atoms. The Labute approximate surface area is 242 Å². The number of nitrogens with two attached hydrogens (primary N) is 1. The van der Waals surface area contributed by atoms with Gasteiger partial charge in [-0.3, -0.25) is 19.4 Å². The quantitative estimate of drug-likeness (QED) is 0.356. The highest BCUT2D eigenvalue weighted by molar-refractivity contribution is 5.78. The van der Waals surface area contributed by atoms with Gasteiger partial charge in [-0.25, -0.2) is 0 Å². The lowest BCUT2D eigenvalue weighted by atomic mass is 9.65. The van der Waals surface area contributed by atoms with E-state index >= 15 is 0 Å². The number of carboxylic acids is 1. The average Bonchev–Trinajstić information content (AvgIpc) is 2.98. The van der Waals surface area contributed by atoms with Gasteiger partial charge in [-0.15, -0.1) is 0 Å². The topological polar surface area (TPSA) is 96.1 Å². The molecule has 3 heterocycles. The summed E-state index contributed by atoms with van der Waals surface area (Å²) < 4.78 is 5.75. The molecule has 7 nitrogen and oxygen atoms in total. The molecular weight excluding hydrogens is 514 g/mol. The predicted molar refractivity (Wildman–Crippen MR) is 160 cm³/mol. The number of carboxylic acid groups (broad SMARTS) is 1. The summed E-state index contributed by atoms with van der Waals surface area (Å²) in [5.74, 6) is -0.569. The molecule has 3 saturated heterocycles. The first-order valence-electron chi connectivity index (χ1n) is 14.5. The van der Waals surface area contributed by atoms with Crippen LogP contribution in [-0.2, 0) is 16.1 Å². The third kappa shape index (κ3) is 6.02. The monoisotopic (exact) mass is 555 g/mol. The smallest absolute Gasteiger partial charge is 0.317 e. The van der Waals surface area contributed by atoms with Gasteiger partial charge in [0.05, 0.1) is 19.6 Å². The van der Waals surface area contributed by atoms with E-state index < -0.39 is 5.97 Å². The summed E-state index contributed by atoms with van der Waals surface area (Å²) in [5, 5.41) is 10.2. The fourth-order valence-corrected chi connectivity index (χ4v) is 7.19. The number of methoxy groups -OCH3 is 1. The predicted octanol–water partition coefficient (Wildman–Crippen LogP) is 4.71. The second-order valence-corrected chi connectivity index (χ2v) is 11.8. The lowest BCUT2D eigenvalue weighted by Gasteiger charge is -2.59. The third-order valence-corrected chi connectivity index (χ3v) is 9.04. The number of carbonyl (C=O) groups excluding carboxylic acids is 1. The molecule has 41 heavy (non-hydrogen) atoms. The van der Waals surface area contributed by atoms with Crippen molar-refractivity contribution in [2.45, 2.75) is 50.7 Å². The van der Waals surface area contributed by atoms with Gasteiger partial charge in [0.2, 0.25) is 5.91 Å². The molecule has 3 aromatic rings. The molecule has 216 valence electrons. The van der Waals surface area contributed by atoms with E-state index in [9.17, 15) is 14.7 Å². The molecule has 3 fully saturated rings. The number of hydrogen-bond acceptors (Lipinski definition) is 5. The number of fused-ring (bicyclic) bond motifs is 3. The molecule has 0 saturated carbocycles. The number of primary amides is 1. The highest BCUT2D eigenvalue weighted by atomic mass is 16.5. The van der Waals surface area contributed by atoms with Gasteiger partial charge in [0.25, 0.3) is 0 Å². The number of amides is 1. The third-order valence-electron chi connectivity index (χ3n) is 9.04. The maximum Gasteiger partial charge on any atom is 0.317 e. The van der Waals surface area contributed by atoms with Crippen molar-refractivity contribution >= 4 is 11.9 Å². The Morgan fingerprint density at radius 2 is 1.63 bits per heavy atom.